The van der Waals surface area contributed by atoms with Crippen LogP contribution in [0.4, 0.5) is 0 Å². The number of allylic oxidation sites excluding steroid dienone is 2. The summed E-state index contributed by atoms with van der Waals surface area (Å²) < 4.78 is 5.74. The number of fused-ring (bicyclic) bond motifs is 1. The quantitative estimate of drug-likeness (QED) is 0.830. The van der Waals surface area contributed by atoms with Gasteiger partial charge in [-0.15, -0.1) is 0 Å². The van der Waals surface area contributed by atoms with Crippen LogP contribution in [-0.4, -0.2) is 28.8 Å². The predicted octanol–water partition coefficient (Wildman–Crippen LogP) is 2.13. The molecule has 1 amide bonds. The molecule has 2 heterocycles. The van der Waals surface area contributed by atoms with Crippen LogP contribution in [0.1, 0.15) is 54.5 Å². The zero-order valence-electron chi connectivity index (χ0n) is 12.0. The number of carbonyl (C=O) groups excluding carboxylic acids is 1. The molecule has 1 aromatic rings. The molecule has 2 atom stereocenters. The van der Waals surface area contributed by atoms with E-state index in [1.807, 2.05) is 13.8 Å². The SMILES string of the molecule is C[C@@H]1Cc2c(C(=O)NCC3CC=CC3)n[nH]c2[C@H](C)O1. The van der Waals surface area contributed by atoms with Crippen LogP contribution < -0.4 is 5.32 Å². The molecule has 20 heavy (non-hydrogen) atoms. The van der Waals surface area contributed by atoms with Crippen molar-refractivity contribution in [2.45, 2.75) is 45.3 Å². The Morgan fingerprint density at radius 2 is 2.20 bits per heavy atom. The second-order valence-electron chi connectivity index (χ2n) is 5.78. The largest absolute Gasteiger partial charge is 0.369 e. The molecule has 1 aromatic heterocycles. The molecule has 2 N–H and O–H groups in total. The lowest BCUT2D eigenvalue weighted by molar-refractivity contribution is -0.00697. The van der Waals surface area contributed by atoms with Gasteiger partial charge in [-0.25, -0.2) is 0 Å². The molecule has 5 nitrogen and oxygen atoms in total. The molecule has 3 rings (SSSR count). The summed E-state index contributed by atoms with van der Waals surface area (Å²) in [6.07, 6.45) is 7.30. The predicted molar refractivity (Wildman–Crippen MR) is 75.5 cm³/mol. The van der Waals surface area contributed by atoms with Crippen LogP contribution in [0.15, 0.2) is 12.2 Å². The first-order valence-electron chi connectivity index (χ1n) is 7.31. The number of hydrogen-bond acceptors (Lipinski definition) is 3. The third kappa shape index (κ3) is 2.50. The minimum absolute atomic E-state index is 0.0261. The number of amides is 1. The van der Waals surface area contributed by atoms with Crippen LogP contribution >= 0.6 is 0 Å². The highest BCUT2D eigenvalue weighted by atomic mass is 16.5. The molecule has 0 saturated carbocycles. The number of ether oxygens (including phenoxy) is 1. The van der Waals surface area contributed by atoms with Crippen molar-refractivity contribution >= 4 is 5.91 Å². The molecule has 1 aliphatic carbocycles. The zero-order valence-corrected chi connectivity index (χ0v) is 12.0. The van der Waals surface area contributed by atoms with Gasteiger partial charge in [-0.2, -0.15) is 5.10 Å². The highest BCUT2D eigenvalue weighted by molar-refractivity contribution is 5.94. The van der Waals surface area contributed by atoms with E-state index in [0.29, 0.717) is 11.6 Å². The summed E-state index contributed by atoms with van der Waals surface area (Å²) in [5, 5.41) is 10.2. The molecular formula is C15H21N3O2. The Hall–Kier alpha value is -1.62. The molecule has 0 fully saturated rings. The van der Waals surface area contributed by atoms with Crippen molar-refractivity contribution in [3.05, 3.63) is 29.1 Å². The van der Waals surface area contributed by atoms with Gasteiger partial charge in [0.2, 0.25) is 0 Å². The van der Waals surface area contributed by atoms with Crippen molar-refractivity contribution in [3.8, 4) is 0 Å². The first-order chi connectivity index (χ1) is 9.65. The minimum atomic E-state index is -0.0734. The van der Waals surface area contributed by atoms with Crippen LogP contribution in [-0.2, 0) is 11.2 Å². The maximum atomic E-state index is 12.3. The topological polar surface area (TPSA) is 67.0 Å². The maximum Gasteiger partial charge on any atom is 0.272 e. The van der Waals surface area contributed by atoms with Gasteiger partial charge in [-0.1, -0.05) is 12.2 Å². The van der Waals surface area contributed by atoms with Gasteiger partial charge >= 0.3 is 0 Å². The number of aromatic amines is 1. The Balaban J connectivity index is 1.69. The van der Waals surface area contributed by atoms with E-state index >= 15 is 0 Å². The van der Waals surface area contributed by atoms with E-state index in [-0.39, 0.29) is 18.1 Å². The van der Waals surface area contributed by atoms with Crippen molar-refractivity contribution in [3.63, 3.8) is 0 Å². The van der Waals surface area contributed by atoms with Crippen molar-refractivity contribution in [2.24, 2.45) is 5.92 Å². The van der Waals surface area contributed by atoms with Gasteiger partial charge in [0.15, 0.2) is 5.69 Å². The fourth-order valence-corrected chi connectivity index (χ4v) is 3.02. The van der Waals surface area contributed by atoms with E-state index in [0.717, 1.165) is 37.1 Å². The maximum absolute atomic E-state index is 12.3. The smallest absolute Gasteiger partial charge is 0.272 e. The van der Waals surface area contributed by atoms with E-state index in [2.05, 4.69) is 27.7 Å². The second kappa shape index (κ2) is 5.40. The molecule has 0 spiro atoms. The van der Waals surface area contributed by atoms with Crippen LogP contribution in [0.25, 0.3) is 0 Å². The molecule has 2 aliphatic rings. The van der Waals surface area contributed by atoms with Gasteiger partial charge in [-0.05, 0) is 32.6 Å². The number of carbonyl (C=O) groups is 1. The zero-order chi connectivity index (χ0) is 14.1. The van der Waals surface area contributed by atoms with Gasteiger partial charge in [-0.3, -0.25) is 9.89 Å². The van der Waals surface area contributed by atoms with Gasteiger partial charge in [0.1, 0.15) is 0 Å². The number of nitrogens with zero attached hydrogens (tertiary/aromatic N) is 1. The fraction of sp³-hybridized carbons (Fsp3) is 0.600. The minimum Gasteiger partial charge on any atom is -0.369 e. The summed E-state index contributed by atoms with van der Waals surface area (Å²) in [6.45, 7) is 4.73. The summed E-state index contributed by atoms with van der Waals surface area (Å²) >= 11 is 0. The Labute approximate surface area is 118 Å². The lowest BCUT2D eigenvalue weighted by Gasteiger charge is -2.25. The highest BCUT2D eigenvalue weighted by Gasteiger charge is 2.29. The van der Waals surface area contributed by atoms with Gasteiger partial charge in [0, 0.05) is 18.5 Å². The molecule has 0 unspecified atom stereocenters. The fourth-order valence-electron chi connectivity index (χ4n) is 3.02. The third-order valence-corrected chi connectivity index (χ3v) is 4.11. The number of hydrogen-bond donors (Lipinski definition) is 2. The Morgan fingerprint density at radius 1 is 1.45 bits per heavy atom. The summed E-state index contributed by atoms with van der Waals surface area (Å²) in [6, 6.07) is 0. The normalized spacial score (nSPS) is 25.7. The van der Waals surface area contributed by atoms with E-state index in [1.54, 1.807) is 0 Å². The van der Waals surface area contributed by atoms with Gasteiger partial charge in [0.05, 0.1) is 17.9 Å². The van der Waals surface area contributed by atoms with Crippen molar-refractivity contribution in [1.82, 2.24) is 15.5 Å². The lowest BCUT2D eigenvalue weighted by atomic mass is 9.99. The Kier molecular flexibility index (Phi) is 3.61. The van der Waals surface area contributed by atoms with Crippen molar-refractivity contribution in [1.29, 1.82) is 0 Å². The van der Waals surface area contributed by atoms with E-state index in [9.17, 15) is 4.79 Å². The molecule has 5 heteroatoms. The first-order valence-corrected chi connectivity index (χ1v) is 7.31. The van der Waals surface area contributed by atoms with Crippen molar-refractivity contribution < 1.29 is 9.53 Å². The monoisotopic (exact) mass is 275 g/mol. The summed E-state index contributed by atoms with van der Waals surface area (Å²) in [7, 11) is 0. The Bertz CT molecular complexity index is 527. The van der Waals surface area contributed by atoms with E-state index < -0.39 is 0 Å². The molecular weight excluding hydrogens is 254 g/mol. The molecule has 0 aromatic carbocycles. The number of rotatable bonds is 3. The van der Waals surface area contributed by atoms with Gasteiger partial charge < -0.3 is 10.1 Å². The number of aromatic nitrogens is 2. The average molecular weight is 275 g/mol. The lowest BCUT2D eigenvalue weighted by Crippen LogP contribution is -2.30. The van der Waals surface area contributed by atoms with Crippen molar-refractivity contribution in [2.75, 3.05) is 6.54 Å². The van der Waals surface area contributed by atoms with Crippen LogP contribution in [0.2, 0.25) is 0 Å². The summed E-state index contributed by atoms with van der Waals surface area (Å²) in [5.41, 5.74) is 2.49. The van der Waals surface area contributed by atoms with Crippen LogP contribution in [0.3, 0.4) is 0 Å². The first kappa shape index (κ1) is 13.4. The highest BCUT2D eigenvalue weighted by Crippen LogP contribution is 2.30. The van der Waals surface area contributed by atoms with E-state index in [4.69, 9.17) is 4.74 Å². The number of nitrogens with one attached hydrogen (secondary N) is 2. The van der Waals surface area contributed by atoms with E-state index in [1.165, 1.54) is 0 Å². The summed E-state index contributed by atoms with van der Waals surface area (Å²) in [5.74, 6) is 0.464. The standard InChI is InChI=1S/C15H21N3O2/c1-9-7-12-13(10(2)20-9)17-18-14(12)15(19)16-8-11-5-3-4-6-11/h3-4,9-11H,5-8H2,1-2H3,(H,16,19)(H,17,18)/t9-,10+/m1/s1. The average Bonchev–Trinajstić information content (AvgIpc) is 3.04. The molecule has 108 valence electrons. The Morgan fingerprint density at radius 3 is 2.95 bits per heavy atom. The molecule has 1 aliphatic heterocycles. The third-order valence-electron chi connectivity index (χ3n) is 4.11. The van der Waals surface area contributed by atoms with Gasteiger partial charge in [0.25, 0.3) is 5.91 Å². The second-order valence-corrected chi connectivity index (χ2v) is 5.78. The number of H-pyrrole nitrogens is 1. The molecule has 0 bridgehead atoms. The summed E-state index contributed by atoms with van der Waals surface area (Å²) in [4.78, 5) is 12.3. The van der Waals surface area contributed by atoms with Crippen LogP contribution in [0.5, 0.6) is 0 Å². The molecule has 0 radical (unpaired) electrons. The van der Waals surface area contributed by atoms with Crippen LogP contribution in [0, 0.1) is 5.92 Å². The molecule has 0 saturated heterocycles.